The van der Waals surface area contributed by atoms with Gasteiger partial charge in [0.05, 0.1) is 18.3 Å². The highest BCUT2D eigenvalue weighted by Crippen LogP contribution is 2.03. The van der Waals surface area contributed by atoms with Crippen LogP contribution in [0.1, 0.15) is 6.92 Å². The Hall–Kier alpha value is -0.930. The van der Waals surface area contributed by atoms with Gasteiger partial charge in [-0.15, -0.1) is 0 Å². The van der Waals surface area contributed by atoms with Gasteiger partial charge in [-0.3, -0.25) is 0 Å². The van der Waals surface area contributed by atoms with Crippen LogP contribution in [-0.2, 0) is 19.9 Å². The number of imidazole rings is 1. The fourth-order valence-electron chi connectivity index (χ4n) is 1.21. The summed E-state index contributed by atoms with van der Waals surface area (Å²) < 4.78 is 47.4. The molecule has 0 spiro atoms. The number of nitrogens with one attached hydrogen (secondary N) is 2. The third-order valence-electron chi connectivity index (χ3n) is 1.67. The van der Waals surface area contributed by atoms with Crippen molar-refractivity contribution < 1.29 is 16.8 Å². The summed E-state index contributed by atoms with van der Waals surface area (Å²) in [5.41, 5.74) is 0. The van der Waals surface area contributed by atoms with E-state index in [9.17, 15) is 16.8 Å². The second-order valence-corrected chi connectivity index (χ2v) is 7.40. The molecule has 1 unspecified atom stereocenters. The molecule has 0 aliphatic carbocycles. The predicted molar refractivity (Wildman–Crippen MR) is 58.1 cm³/mol. The van der Waals surface area contributed by atoms with Crippen molar-refractivity contribution in [3.8, 4) is 0 Å². The van der Waals surface area contributed by atoms with E-state index in [0.29, 0.717) is 0 Å². The van der Waals surface area contributed by atoms with E-state index in [1.54, 1.807) is 0 Å². The minimum absolute atomic E-state index is 0.0900. The molecular weight excluding hydrogens is 254 g/mol. The van der Waals surface area contributed by atoms with Crippen molar-refractivity contribution in [1.29, 1.82) is 0 Å². The van der Waals surface area contributed by atoms with E-state index in [1.807, 2.05) is 0 Å². The molecule has 0 radical (unpaired) electrons. The van der Waals surface area contributed by atoms with Gasteiger partial charge in [0.25, 0.3) is 10.0 Å². The van der Waals surface area contributed by atoms with E-state index in [-0.39, 0.29) is 10.8 Å². The molecule has 7 nitrogen and oxygen atoms in total. The second kappa shape index (κ2) is 4.52. The molecule has 0 aliphatic rings. The van der Waals surface area contributed by atoms with Crippen molar-refractivity contribution >= 4 is 19.9 Å². The molecule has 2 N–H and O–H groups in total. The summed E-state index contributed by atoms with van der Waals surface area (Å²) in [6.07, 6.45) is 3.43. The molecular formula is C7H13N3O4S2. The lowest BCUT2D eigenvalue weighted by molar-refractivity contribution is 0.562. The first-order valence-corrected chi connectivity index (χ1v) is 7.93. The van der Waals surface area contributed by atoms with E-state index < -0.39 is 25.9 Å². The van der Waals surface area contributed by atoms with Gasteiger partial charge in [0, 0.05) is 12.3 Å². The number of hydrogen-bond donors (Lipinski definition) is 2. The van der Waals surface area contributed by atoms with Crippen LogP contribution in [0.25, 0.3) is 0 Å². The van der Waals surface area contributed by atoms with E-state index >= 15 is 0 Å². The Morgan fingerprint density at radius 2 is 2.06 bits per heavy atom. The van der Waals surface area contributed by atoms with Gasteiger partial charge < -0.3 is 4.98 Å². The lowest BCUT2D eigenvalue weighted by Crippen LogP contribution is -2.37. The van der Waals surface area contributed by atoms with Gasteiger partial charge in [-0.05, 0) is 6.92 Å². The quantitative estimate of drug-likeness (QED) is 0.720. The number of aromatic nitrogens is 2. The fraction of sp³-hybridized carbons (Fsp3) is 0.571. The predicted octanol–water partition coefficient (Wildman–Crippen LogP) is -0.879. The molecule has 0 saturated heterocycles. The third kappa shape index (κ3) is 3.91. The first kappa shape index (κ1) is 13.1. The van der Waals surface area contributed by atoms with Gasteiger partial charge in [0.2, 0.25) is 0 Å². The van der Waals surface area contributed by atoms with Gasteiger partial charge in [0.1, 0.15) is 9.84 Å². The Kier molecular flexibility index (Phi) is 3.71. The maximum absolute atomic E-state index is 11.6. The highest BCUT2D eigenvalue weighted by atomic mass is 32.2. The molecule has 0 saturated carbocycles. The topological polar surface area (TPSA) is 109 Å². The first-order chi connectivity index (χ1) is 7.21. The first-order valence-electron chi connectivity index (χ1n) is 4.39. The molecule has 0 aromatic carbocycles. The highest BCUT2D eigenvalue weighted by molar-refractivity contribution is 7.91. The normalized spacial score (nSPS) is 14.9. The Morgan fingerprint density at radius 1 is 1.44 bits per heavy atom. The van der Waals surface area contributed by atoms with Crippen LogP contribution in [0.5, 0.6) is 0 Å². The number of hydrogen-bond acceptors (Lipinski definition) is 5. The lowest BCUT2D eigenvalue weighted by atomic mass is 10.4. The minimum Gasteiger partial charge on any atom is -0.335 e. The van der Waals surface area contributed by atoms with Crippen molar-refractivity contribution in [2.24, 2.45) is 0 Å². The highest BCUT2D eigenvalue weighted by Gasteiger charge is 2.20. The van der Waals surface area contributed by atoms with Crippen molar-refractivity contribution in [3.05, 3.63) is 12.5 Å². The van der Waals surface area contributed by atoms with Gasteiger partial charge in [-0.1, -0.05) is 0 Å². The van der Waals surface area contributed by atoms with Crippen molar-refractivity contribution in [3.63, 3.8) is 0 Å². The van der Waals surface area contributed by atoms with Crippen LogP contribution in [0.2, 0.25) is 0 Å². The fourth-order valence-corrected chi connectivity index (χ4v) is 3.45. The summed E-state index contributed by atoms with van der Waals surface area (Å²) in [5.74, 6) is -0.250. The molecule has 9 heteroatoms. The van der Waals surface area contributed by atoms with Crippen LogP contribution >= 0.6 is 0 Å². The summed E-state index contributed by atoms with van der Waals surface area (Å²) >= 11 is 0. The number of sulfonamides is 1. The zero-order valence-electron chi connectivity index (χ0n) is 8.84. The van der Waals surface area contributed by atoms with Crippen LogP contribution in [0.15, 0.2) is 17.6 Å². The number of H-pyrrole nitrogens is 1. The van der Waals surface area contributed by atoms with Crippen molar-refractivity contribution in [2.45, 2.75) is 18.0 Å². The SMILES string of the molecule is CC(CS(C)(=O)=O)NS(=O)(=O)c1cnc[nH]1. The third-order valence-corrected chi connectivity index (χ3v) is 4.29. The largest absolute Gasteiger partial charge is 0.335 e. The molecule has 92 valence electrons. The van der Waals surface area contributed by atoms with Gasteiger partial charge >= 0.3 is 0 Å². The monoisotopic (exact) mass is 267 g/mol. The molecule has 1 heterocycles. The van der Waals surface area contributed by atoms with E-state index in [1.165, 1.54) is 13.3 Å². The number of sulfone groups is 1. The Balaban J connectivity index is 2.75. The van der Waals surface area contributed by atoms with Crippen LogP contribution in [-0.4, -0.2) is 44.9 Å². The number of rotatable bonds is 5. The van der Waals surface area contributed by atoms with Crippen LogP contribution in [0, 0.1) is 0 Å². The number of nitrogens with zero attached hydrogens (tertiary/aromatic N) is 1. The van der Waals surface area contributed by atoms with Crippen molar-refractivity contribution in [1.82, 2.24) is 14.7 Å². The molecule has 16 heavy (non-hydrogen) atoms. The second-order valence-electron chi connectivity index (χ2n) is 3.53. The Morgan fingerprint density at radius 3 is 2.50 bits per heavy atom. The summed E-state index contributed by atoms with van der Waals surface area (Å²) in [6.45, 7) is 1.48. The average Bonchev–Trinajstić information content (AvgIpc) is 2.49. The molecule has 1 rings (SSSR count). The van der Waals surface area contributed by atoms with Crippen molar-refractivity contribution in [2.75, 3.05) is 12.0 Å². The average molecular weight is 267 g/mol. The number of aromatic amines is 1. The molecule has 0 amide bonds. The molecule has 0 bridgehead atoms. The summed E-state index contributed by atoms with van der Waals surface area (Å²) in [5, 5.41) is -0.0900. The van der Waals surface area contributed by atoms with Crippen LogP contribution < -0.4 is 4.72 Å². The Labute approximate surface area is 94.3 Å². The zero-order valence-corrected chi connectivity index (χ0v) is 10.5. The summed E-state index contributed by atoms with van der Waals surface area (Å²) in [7, 11) is -6.94. The van der Waals surface area contributed by atoms with Gasteiger partial charge in [-0.2, -0.15) is 0 Å². The van der Waals surface area contributed by atoms with Crippen LogP contribution in [0.3, 0.4) is 0 Å². The summed E-state index contributed by atoms with van der Waals surface area (Å²) in [6, 6.07) is -0.691. The van der Waals surface area contributed by atoms with E-state index in [2.05, 4.69) is 14.7 Å². The zero-order chi connectivity index (χ0) is 12.4. The smallest absolute Gasteiger partial charge is 0.257 e. The summed E-state index contributed by atoms with van der Waals surface area (Å²) in [4.78, 5) is 6.01. The molecule has 1 atom stereocenters. The molecule has 1 aromatic heterocycles. The Bertz CT molecular complexity index is 532. The van der Waals surface area contributed by atoms with E-state index in [0.717, 1.165) is 12.5 Å². The van der Waals surface area contributed by atoms with E-state index in [4.69, 9.17) is 0 Å². The maximum Gasteiger partial charge on any atom is 0.257 e. The standard InChI is InChI=1S/C7H13N3O4S2/c1-6(4-15(2,11)12)10-16(13,14)7-3-8-5-9-7/h3,5-6,10H,4H2,1-2H3,(H,8,9). The van der Waals surface area contributed by atoms with Crippen LogP contribution in [0.4, 0.5) is 0 Å². The lowest BCUT2D eigenvalue weighted by Gasteiger charge is -2.11. The molecule has 0 fully saturated rings. The van der Waals surface area contributed by atoms with Gasteiger partial charge in [0.15, 0.2) is 5.03 Å². The molecule has 1 aromatic rings. The van der Waals surface area contributed by atoms with Gasteiger partial charge in [-0.25, -0.2) is 26.5 Å². The molecule has 0 aliphatic heterocycles. The maximum atomic E-state index is 11.6. The minimum atomic E-state index is -3.72.